The second-order valence-electron chi connectivity index (χ2n) is 7.75. The number of thioether (sulfide) groups is 1. The Hall–Kier alpha value is -3.66. The van der Waals surface area contributed by atoms with Gasteiger partial charge >= 0.3 is 5.97 Å². The lowest BCUT2D eigenvalue weighted by Crippen LogP contribution is -2.70. The predicted octanol–water partition coefficient (Wildman–Crippen LogP) is 2.55. The van der Waals surface area contributed by atoms with E-state index in [1.165, 1.54) is 40.9 Å². The molecule has 0 radical (unpaired) electrons. The molecule has 2 aromatic carbocycles. The van der Waals surface area contributed by atoms with Crippen LogP contribution in [0.1, 0.15) is 18.1 Å². The van der Waals surface area contributed by atoms with Crippen molar-refractivity contribution in [3.05, 3.63) is 87.1 Å². The van der Waals surface area contributed by atoms with Crippen molar-refractivity contribution in [2.75, 3.05) is 5.75 Å². The summed E-state index contributed by atoms with van der Waals surface area (Å²) in [6.45, 7) is 1.69. The fourth-order valence-electron chi connectivity index (χ4n) is 3.70. The Morgan fingerprint density at radius 3 is 2.52 bits per heavy atom. The zero-order chi connectivity index (χ0) is 23.5. The SMILES string of the molecule is CC1=C(C(=O)OCc2ccc([N+](=O)[O-])cc2)N2C(=O)[C@H](NC(=O)Cc3ccccc3)[C@H]2SC1. The third kappa shape index (κ3) is 4.75. The van der Waals surface area contributed by atoms with Gasteiger partial charge in [-0.3, -0.25) is 24.6 Å². The van der Waals surface area contributed by atoms with Crippen molar-refractivity contribution in [3.8, 4) is 0 Å². The lowest BCUT2D eigenvalue weighted by atomic mass is 10.0. The van der Waals surface area contributed by atoms with Crippen LogP contribution >= 0.6 is 11.8 Å². The standard InChI is InChI=1S/C23H21N3O6S/c1-14-13-33-22-19(24-18(27)11-15-5-3-2-4-6-15)21(28)25(22)20(14)23(29)32-12-16-7-9-17(10-8-16)26(30)31/h2-10,19,22H,11-13H2,1H3,(H,24,27)/t19-,22+/m0/s1. The van der Waals surface area contributed by atoms with Gasteiger partial charge in [0.1, 0.15) is 23.7 Å². The van der Waals surface area contributed by atoms with Crippen LogP contribution in [-0.4, -0.2) is 44.8 Å². The van der Waals surface area contributed by atoms with Crippen LogP contribution < -0.4 is 5.32 Å². The largest absolute Gasteiger partial charge is 0.456 e. The number of hydrogen-bond donors (Lipinski definition) is 1. The predicted molar refractivity (Wildman–Crippen MR) is 121 cm³/mol. The first-order valence-corrected chi connectivity index (χ1v) is 11.3. The van der Waals surface area contributed by atoms with Crippen LogP contribution in [0.3, 0.4) is 0 Å². The number of amides is 2. The minimum Gasteiger partial charge on any atom is -0.456 e. The lowest BCUT2D eigenvalue weighted by molar-refractivity contribution is -0.384. The van der Waals surface area contributed by atoms with Gasteiger partial charge in [-0.1, -0.05) is 30.3 Å². The van der Waals surface area contributed by atoms with Gasteiger partial charge in [0.2, 0.25) is 5.91 Å². The van der Waals surface area contributed by atoms with E-state index in [1.807, 2.05) is 30.3 Å². The van der Waals surface area contributed by atoms with Crippen molar-refractivity contribution >= 4 is 35.2 Å². The summed E-state index contributed by atoms with van der Waals surface area (Å²) in [7, 11) is 0. The normalized spacial score (nSPS) is 19.4. The van der Waals surface area contributed by atoms with Crippen molar-refractivity contribution < 1.29 is 24.0 Å². The van der Waals surface area contributed by atoms with E-state index >= 15 is 0 Å². The van der Waals surface area contributed by atoms with Crippen LogP contribution in [-0.2, 0) is 32.1 Å². The smallest absolute Gasteiger partial charge is 0.355 e. The quantitative estimate of drug-likeness (QED) is 0.288. The Kier molecular flexibility index (Phi) is 6.45. The number of β-lactam (4-membered cyclic amide) rings is 1. The van der Waals surface area contributed by atoms with E-state index in [2.05, 4.69) is 5.32 Å². The molecule has 0 aromatic heterocycles. The summed E-state index contributed by atoms with van der Waals surface area (Å²) in [5.41, 5.74) is 2.30. The van der Waals surface area contributed by atoms with E-state index in [9.17, 15) is 24.5 Å². The van der Waals surface area contributed by atoms with E-state index in [0.717, 1.165) is 5.56 Å². The highest BCUT2D eigenvalue weighted by Crippen LogP contribution is 2.40. The molecular weight excluding hydrogens is 446 g/mol. The lowest BCUT2D eigenvalue weighted by Gasteiger charge is -2.49. The molecule has 2 atom stereocenters. The van der Waals surface area contributed by atoms with Gasteiger partial charge < -0.3 is 10.1 Å². The molecule has 2 aliphatic rings. The molecule has 0 unspecified atom stereocenters. The summed E-state index contributed by atoms with van der Waals surface area (Å²) in [6.07, 6.45) is 0.168. The van der Waals surface area contributed by atoms with Crippen LogP contribution in [0.4, 0.5) is 5.69 Å². The number of esters is 1. The number of benzene rings is 2. The fraction of sp³-hybridized carbons (Fsp3) is 0.261. The third-order valence-electron chi connectivity index (χ3n) is 5.39. The molecule has 0 spiro atoms. The molecule has 9 nitrogen and oxygen atoms in total. The molecule has 4 rings (SSSR count). The number of ether oxygens (including phenoxy) is 1. The second kappa shape index (κ2) is 9.45. The molecule has 0 saturated carbocycles. The Balaban J connectivity index is 1.37. The van der Waals surface area contributed by atoms with Gasteiger partial charge in [-0.25, -0.2) is 4.79 Å². The molecule has 170 valence electrons. The zero-order valence-electron chi connectivity index (χ0n) is 17.7. The average molecular weight is 468 g/mol. The van der Waals surface area contributed by atoms with Crippen LogP contribution in [0.2, 0.25) is 0 Å². The highest BCUT2D eigenvalue weighted by atomic mass is 32.2. The van der Waals surface area contributed by atoms with Gasteiger partial charge in [-0.15, -0.1) is 11.8 Å². The van der Waals surface area contributed by atoms with Gasteiger partial charge in [-0.2, -0.15) is 0 Å². The summed E-state index contributed by atoms with van der Waals surface area (Å²) in [6, 6.07) is 14.2. The van der Waals surface area contributed by atoms with E-state index in [1.54, 1.807) is 6.92 Å². The first-order valence-electron chi connectivity index (χ1n) is 10.2. The Morgan fingerprint density at radius 2 is 1.85 bits per heavy atom. The number of nitrogens with zero attached hydrogens (tertiary/aromatic N) is 2. The van der Waals surface area contributed by atoms with E-state index in [4.69, 9.17) is 4.74 Å². The van der Waals surface area contributed by atoms with E-state index < -0.39 is 16.9 Å². The minimum atomic E-state index is -0.697. The van der Waals surface area contributed by atoms with Gasteiger partial charge in [0, 0.05) is 17.9 Å². The van der Waals surface area contributed by atoms with Gasteiger partial charge in [0.25, 0.3) is 11.6 Å². The molecule has 1 saturated heterocycles. The number of nitrogens with one attached hydrogen (secondary N) is 1. The number of hydrogen-bond acceptors (Lipinski definition) is 7. The Bertz CT molecular complexity index is 1130. The number of rotatable bonds is 7. The van der Waals surface area contributed by atoms with Crippen molar-refractivity contribution in [3.63, 3.8) is 0 Å². The highest BCUT2D eigenvalue weighted by molar-refractivity contribution is 8.00. The Labute approximate surface area is 193 Å². The van der Waals surface area contributed by atoms with Crippen LogP contribution in [0.15, 0.2) is 65.9 Å². The summed E-state index contributed by atoms with van der Waals surface area (Å²) in [4.78, 5) is 49.6. The maximum Gasteiger partial charge on any atom is 0.355 e. The first-order chi connectivity index (χ1) is 15.8. The highest BCUT2D eigenvalue weighted by Gasteiger charge is 2.53. The molecule has 1 fully saturated rings. The Morgan fingerprint density at radius 1 is 1.15 bits per heavy atom. The van der Waals surface area contributed by atoms with Crippen molar-refractivity contribution in [2.45, 2.75) is 31.4 Å². The maximum atomic E-state index is 12.8. The molecule has 2 amide bonds. The van der Waals surface area contributed by atoms with Crippen molar-refractivity contribution in [2.24, 2.45) is 0 Å². The molecule has 0 bridgehead atoms. The molecule has 1 N–H and O–H groups in total. The number of fused-ring (bicyclic) bond motifs is 1. The molecule has 33 heavy (non-hydrogen) atoms. The maximum absolute atomic E-state index is 12.8. The minimum absolute atomic E-state index is 0.0534. The molecule has 2 aliphatic heterocycles. The van der Waals surface area contributed by atoms with Crippen LogP contribution in [0.25, 0.3) is 0 Å². The van der Waals surface area contributed by atoms with E-state index in [0.29, 0.717) is 16.9 Å². The van der Waals surface area contributed by atoms with Gasteiger partial charge in [-0.05, 0) is 35.8 Å². The molecule has 2 heterocycles. The topological polar surface area (TPSA) is 119 Å². The van der Waals surface area contributed by atoms with Gasteiger partial charge in [0.05, 0.1) is 11.3 Å². The molecular formula is C23H21N3O6S. The van der Waals surface area contributed by atoms with Crippen LogP contribution in [0, 0.1) is 10.1 Å². The zero-order valence-corrected chi connectivity index (χ0v) is 18.5. The number of non-ortho nitro benzene ring substituents is 1. The van der Waals surface area contributed by atoms with E-state index in [-0.39, 0.29) is 41.6 Å². The van der Waals surface area contributed by atoms with Crippen molar-refractivity contribution in [1.29, 1.82) is 0 Å². The molecule has 2 aromatic rings. The van der Waals surface area contributed by atoms with Gasteiger partial charge in [0.15, 0.2) is 0 Å². The average Bonchev–Trinajstić information content (AvgIpc) is 2.81. The summed E-state index contributed by atoms with van der Waals surface area (Å²) < 4.78 is 5.38. The third-order valence-corrected chi connectivity index (χ3v) is 6.82. The summed E-state index contributed by atoms with van der Waals surface area (Å²) in [5, 5.41) is 13.2. The van der Waals surface area contributed by atoms with Crippen LogP contribution in [0.5, 0.6) is 0 Å². The summed E-state index contributed by atoms with van der Waals surface area (Å²) >= 11 is 1.48. The summed E-state index contributed by atoms with van der Waals surface area (Å²) in [5.74, 6) is -0.719. The molecule has 0 aliphatic carbocycles. The number of nitro groups is 1. The van der Waals surface area contributed by atoms with Crippen molar-refractivity contribution in [1.82, 2.24) is 10.2 Å². The number of nitro benzene ring substituents is 1. The monoisotopic (exact) mass is 467 g/mol. The first kappa shape index (κ1) is 22.5. The molecule has 10 heteroatoms. The number of carbonyl (C=O) groups is 3. The fourth-order valence-corrected chi connectivity index (χ4v) is 4.99. The number of carbonyl (C=O) groups excluding carboxylic acids is 3. The second-order valence-corrected chi connectivity index (χ2v) is 8.85.